The van der Waals surface area contributed by atoms with Crippen molar-refractivity contribution in [2.24, 2.45) is 4.99 Å². The van der Waals surface area contributed by atoms with Crippen LogP contribution in [0.1, 0.15) is 16.7 Å². The highest BCUT2D eigenvalue weighted by Crippen LogP contribution is 2.36. The number of rotatable bonds is 7. The van der Waals surface area contributed by atoms with E-state index in [2.05, 4.69) is 32.9 Å². The molecule has 0 bridgehead atoms. The summed E-state index contributed by atoms with van der Waals surface area (Å²) < 4.78 is 12.2. The maximum Gasteiger partial charge on any atom is 0.269 e. The Morgan fingerprint density at radius 2 is 1.94 bits per heavy atom. The van der Waals surface area contributed by atoms with E-state index in [0.29, 0.717) is 27.1 Å². The molecule has 4 rings (SSSR count). The van der Waals surface area contributed by atoms with Gasteiger partial charge in [0, 0.05) is 12.1 Å². The minimum Gasteiger partial charge on any atom is -0.493 e. The third kappa shape index (κ3) is 6.20. The van der Waals surface area contributed by atoms with Gasteiger partial charge in [0.25, 0.3) is 11.6 Å². The fraction of sp³-hybridized carbons (Fsp3) is 0.120. The van der Waals surface area contributed by atoms with Gasteiger partial charge in [-0.2, -0.15) is 0 Å². The first-order valence-electron chi connectivity index (χ1n) is 10.4. The van der Waals surface area contributed by atoms with Crippen molar-refractivity contribution in [2.45, 2.75) is 13.5 Å². The Kier molecular flexibility index (Phi) is 7.71. The molecule has 1 fully saturated rings. The number of ether oxygens (including phenoxy) is 2. The summed E-state index contributed by atoms with van der Waals surface area (Å²) in [5.74, 6) is 0.791. The van der Waals surface area contributed by atoms with Crippen LogP contribution in [0.3, 0.4) is 0 Å². The molecule has 3 aromatic carbocycles. The SMILES string of the molecule is COc1cc(/C=C2/SC(=Nc3ccc(C)cc3)NC2=O)cc(I)c1OCc1cccc([N+](=O)[O-])c1. The summed E-state index contributed by atoms with van der Waals surface area (Å²) in [7, 11) is 1.53. The third-order valence-corrected chi connectivity index (χ3v) is 6.68. The number of benzene rings is 3. The lowest BCUT2D eigenvalue weighted by molar-refractivity contribution is -0.384. The van der Waals surface area contributed by atoms with Gasteiger partial charge in [0.2, 0.25) is 0 Å². The average Bonchev–Trinajstić information content (AvgIpc) is 3.17. The largest absolute Gasteiger partial charge is 0.493 e. The van der Waals surface area contributed by atoms with E-state index in [1.165, 1.54) is 31.0 Å². The van der Waals surface area contributed by atoms with Gasteiger partial charge in [-0.3, -0.25) is 14.9 Å². The van der Waals surface area contributed by atoms with Crippen LogP contribution in [0, 0.1) is 20.6 Å². The highest BCUT2D eigenvalue weighted by atomic mass is 127. The highest BCUT2D eigenvalue weighted by Gasteiger charge is 2.24. The number of nitrogens with one attached hydrogen (secondary N) is 1. The minimum atomic E-state index is -0.440. The Bertz CT molecular complexity index is 1360. The highest BCUT2D eigenvalue weighted by molar-refractivity contribution is 14.1. The predicted octanol–water partition coefficient (Wildman–Crippen LogP) is 5.99. The molecule has 1 saturated heterocycles. The summed E-state index contributed by atoms with van der Waals surface area (Å²) >= 11 is 3.40. The van der Waals surface area contributed by atoms with E-state index in [0.717, 1.165) is 20.4 Å². The zero-order valence-electron chi connectivity index (χ0n) is 18.8. The molecule has 1 N–H and O–H groups in total. The first-order valence-corrected chi connectivity index (χ1v) is 12.3. The molecule has 1 aliphatic heterocycles. The Morgan fingerprint density at radius 3 is 2.66 bits per heavy atom. The third-order valence-electron chi connectivity index (χ3n) is 4.97. The van der Waals surface area contributed by atoms with Gasteiger partial charge in [-0.15, -0.1) is 0 Å². The molecule has 0 aliphatic carbocycles. The van der Waals surface area contributed by atoms with Crippen LogP contribution in [-0.2, 0) is 11.4 Å². The number of amidine groups is 1. The Morgan fingerprint density at radius 1 is 1.17 bits per heavy atom. The minimum absolute atomic E-state index is 0.00682. The number of methoxy groups -OCH3 is 1. The number of thioether (sulfide) groups is 1. The van der Waals surface area contributed by atoms with E-state index < -0.39 is 4.92 Å². The molecule has 0 spiro atoms. The molecule has 0 saturated carbocycles. The van der Waals surface area contributed by atoms with Gasteiger partial charge in [0.1, 0.15) is 6.61 Å². The first kappa shape index (κ1) is 24.7. The maximum absolute atomic E-state index is 12.5. The number of nitrogens with zero attached hydrogens (tertiary/aromatic N) is 2. The summed E-state index contributed by atoms with van der Waals surface area (Å²) in [6, 6.07) is 17.7. The lowest BCUT2D eigenvalue weighted by Gasteiger charge is -2.14. The van der Waals surface area contributed by atoms with E-state index in [1.807, 2.05) is 37.3 Å². The quantitative estimate of drug-likeness (QED) is 0.155. The van der Waals surface area contributed by atoms with Crippen molar-refractivity contribution in [3.63, 3.8) is 0 Å². The number of hydrogen-bond donors (Lipinski definition) is 1. The average molecular weight is 601 g/mol. The van der Waals surface area contributed by atoms with Gasteiger partial charge in [-0.05, 0) is 82.7 Å². The van der Waals surface area contributed by atoms with Gasteiger partial charge in [0.15, 0.2) is 16.7 Å². The van der Waals surface area contributed by atoms with E-state index in [1.54, 1.807) is 24.3 Å². The monoisotopic (exact) mass is 601 g/mol. The summed E-state index contributed by atoms with van der Waals surface area (Å²) in [5.41, 5.74) is 3.35. The Balaban J connectivity index is 1.52. The summed E-state index contributed by atoms with van der Waals surface area (Å²) in [6.07, 6.45) is 1.77. The van der Waals surface area contributed by atoms with Gasteiger partial charge >= 0.3 is 0 Å². The summed E-state index contributed by atoms with van der Waals surface area (Å²) in [4.78, 5) is 28.1. The van der Waals surface area contributed by atoms with Crippen LogP contribution in [0.2, 0.25) is 0 Å². The molecule has 1 heterocycles. The molecule has 1 amide bonds. The number of nitro benzene ring substituents is 1. The zero-order valence-corrected chi connectivity index (χ0v) is 21.8. The Labute approximate surface area is 219 Å². The molecular weight excluding hydrogens is 581 g/mol. The van der Waals surface area contributed by atoms with E-state index >= 15 is 0 Å². The molecule has 0 atom stereocenters. The number of hydrogen-bond acceptors (Lipinski definition) is 7. The lowest BCUT2D eigenvalue weighted by atomic mass is 10.1. The number of aliphatic imine (C=N–C) groups is 1. The van der Waals surface area contributed by atoms with Crippen LogP contribution >= 0.6 is 34.4 Å². The number of non-ortho nitro benzene ring substituents is 1. The van der Waals surface area contributed by atoms with Crippen LogP contribution in [0.15, 0.2) is 70.6 Å². The van der Waals surface area contributed by atoms with Crippen molar-refractivity contribution in [1.82, 2.24) is 5.32 Å². The van der Waals surface area contributed by atoms with E-state index in [9.17, 15) is 14.9 Å². The molecule has 0 unspecified atom stereocenters. The second-order valence-corrected chi connectivity index (χ2v) is 9.76. The smallest absolute Gasteiger partial charge is 0.269 e. The van der Waals surface area contributed by atoms with Crippen LogP contribution in [0.4, 0.5) is 11.4 Å². The van der Waals surface area contributed by atoms with E-state index in [-0.39, 0.29) is 18.2 Å². The second kappa shape index (κ2) is 10.9. The molecule has 3 aromatic rings. The molecule has 8 nitrogen and oxygen atoms in total. The van der Waals surface area contributed by atoms with Crippen LogP contribution in [-0.4, -0.2) is 23.1 Å². The van der Waals surface area contributed by atoms with Crippen molar-refractivity contribution in [3.8, 4) is 11.5 Å². The lowest BCUT2D eigenvalue weighted by Crippen LogP contribution is -2.19. The molecular formula is C25H20IN3O5S. The number of nitro groups is 1. The van der Waals surface area contributed by atoms with Gasteiger partial charge in [0.05, 0.1) is 26.2 Å². The van der Waals surface area contributed by atoms with Crippen LogP contribution in [0.5, 0.6) is 11.5 Å². The number of aryl methyl sites for hydroxylation is 1. The van der Waals surface area contributed by atoms with Crippen LogP contribution < -0.4 is 14.8 Å². The van der Waals surface area contributed by atoms with Crippen LogP contribution in [0.25, 0.3) is 6.08 Å². The molecule has 35 heavy (non-hydrogen) atoms. The van der Waals surface area contributed by atoms with Gasteiger partial charge in [-0.25, -0.2) is 4.99 Å². The fourth-order valence-corrected chi connectivity index (χ4v) is 4.87. The molecule has 1 aliphatic rings. The number of amides is 1. The molecule has 0 aromatic heterocycles. The standard InChI is InChI=1S/C25H20IN3O5S/c1-15-6-8-18(9-7-15)27-25-28-24(30)22(35-25)13-17-11-20(26)23(21(12-17)33-2)34-14-16-4-3-5-19(10-16)29(31)32/h3-13H,14H2,1-2H3,(H,27,28,30)/b22-13+. The van der Waals surface area contributed by atoms with Crippen molar-refractivity contribution >= 4 is 62.9 Å². The van der Waals surface area contributed by atoms with E-state index in [4.69, 9.17) is 9.47 Å². The van der Waals surface area contributed by atoms with Crippen molar-refractivity contribution in [1.29, 1.82) is 0 Å². The fourth-order valence-electron chi connectivity index (χ4n) is 3.25. The molecule has 0 radical (unpaired) electrons. The van der Waals surface area contributed by atoms with Gasteiger partial charge in [-0.1, -0.05) is 29.8 Å². The molecule has 178 valence electrons. The van der Waals surface area contributed by atoms with Crippen molar-refractivity contribution in [3.05, 3.63) is 95.9 Å². The first-order chi connectivity index (χ1) is 16.8. The normalized spacial score (nSPS) is 15.3. The molecule has 10 heteroatoms. The summed E-state index contributed by atoms with van der Waals surface area (Å²) in [5, 5.41) is 14.3. The second-order valence-electron chi connectivity index (χ2n) is 7.57. The Hall–Kier alpha value is -3.38. The number of carbonyl (C=O) groups is 1. The summed E-state index contributed by atoms with van der Waals surface area (Å²) in [6.45, 7) is 2.15. The number of carbonyl (C=O) groups excluding carboxylic acids is 1. The van der Waals surface area contributed by atoms with Gasteiger partial charge < -0.3 is 14.8 Å². The maximum atomic E-state index is 12.5. The van der Waals surface area contributed by atoms with Crippen molar-refractivity contribution in [2.75, 3.05) is 7.11 Å². The predicted molar refractivity (Wildman–Crippen MR) is 145 cm³/mol. The topological polar surface area (TPSA) is 103 Å². The number of halogens is 1. The van der Waals surface area contributed by atoms with Crippen molar-refractivity contribution < 1.29 is 19.2 Å². The zero-order chi connectivity index (χ0) is 24.9.